The number of alkyl halides is 1. The number of nitrogens with zero attached hydrogens (tertiary/aromatic N) is 1. The fourth-order valence-corrected chi connectivity index (χ4v) is 3.44. The average molecular weight is 334 g/mol. The molecule has 1 heterocycles. The van der Waals surface area contributed by atoms with Gasteiger partial charge < -0.3 is 9.64 Å². The van der Waals surface area contributed by atoms with Gasteiger partial charge in [-0.2, -0.15) is 0 Å². The molecule has 114 valence electrons. The maximum Gasteiger partial charge on any atom is 0.0502 e. The highest BCUT2D eigenvalue weighted by molar-refractivity contribution is 9.09. The van der Waals surface area contributed by atoms with E-state index < -0.39 is 0 Å². The molecule has 1 aliphatic rings. The number of hydrogen-bond donors (Lipinski definition) is 0. The molecule has 0 amide bonds. The first kappa shape index (κ1) is 17.5. The minimum absolute atomic E-state index is 0.781. The number of halogens is 1. The molecule has 1 unspecified atom stereocenters. The van der Waals surface area contributed by atoms with Crippen LogP contribution in [-0.2, 0) is 4.74 Å². The lowest BCUT2D eigenvalue weighted by Gasteiger charge is -2.32. The van der Waals surface area contributed by atoms with Crippen LogP contribution in [0.4, 0.5) is 0 Å². The summed E-state index contributed by atoms with van der Waals surface area (Å²) in [5.41, 5.74) is 0. The van der Waals surface area contributed by atoms with Crippen LogP contribution in [0.25, 0.3) is 0 Å². The number of hydrogen-bond acceptors (Lipinski definition) is 2. The molecule has 0 spiro atoms. The first-order valence-corrected chi connectivity index (χ1v) is 9.26. The van der Waals surface area contributed by atoms with E-state index >= 15 is 0 Å². The van der Waals surface area contributed by atoms with Crippen LogP contribution < -0.4 is 0 Å². The van der Waals surface area contributed by atoms with E-state index in [0.29, 0.717) is 0 Å². The quantitative estimate of drug-likeness (QED) is 0.408. The molecule has 0 N–H and O–H groups in total. The molecule has 0 aromatic carbocycles. The summed E-state index contributed by atoms with van der Waals surface area (Å²) < 4.78 is 5.29. The fourth-order valence-electron chi connectivity index (χ4n) is 3.04. The van der Waals surface area contributed by atoms with E-state index in [9.17, 15) is 0 Å². The summed E-state index contributed by atoms with van der Waals surface area (Å²) in [6.45, 7) is 4.83. The largest absolute Gasteiger partial charge is 0.384 e. The van der Waals surface area contributed by atoms with Crippen molar-refractivity contribution >= 4 is 15.9 Å². The zero-order valence-corrected chi connectivity index (χ0v) is 14.3. The average Bonchev–Trinajstić information content (AvgIpc) is 2.43. The molecule has 0 aromatic heterocycles. The number of piperidine rings is 1. The highest BCUT2D eigenvalue weighted by atomic mass is 79.9. The third kappa shape index (κ3) is 9.04. The van der Waals surface area contributed by atoms with Crippen molar-refractivity contribution in [3.8, 4) is 0 Å². The Balaban J connectivity index is 1.91. The van der Waals surface area contributed by atoms with Crippen molar-refractivity contribution in [2.45, 2.75) is 57.8 Å². The van der Waals surface area contributed by atoms with E-state index in [4.69, 9.17) is 4.74 Å². The minimum atomic E-state index is 0.781. The fraction of sp³-hybridized carbons (Fsp3) is 1.00. The smallest absolute Gasteiger partial charge is 0.0502 e. The molecular formula is C16H32BrNO. The molecule has 19 heavy (non-hydrogen) atoms. The van der Waals surface area contributed by atoms with Gasteiger partial charge in [-0.05, 0) is 44.7 Å². The van der Waals surface area contributed by atoms with Crippen LogP contribution in [0.5, 0.6) is 0 Å². The van der Waals surface area contributed by atoms with E-state index in [1.54, 1.807) is 0 Å². The second-order valence-electron chi connectivity index (χ2n) is 5.93. The van der Waals surface area contributed by atoms with E-state index in [2.05, 4.69) is 20.8 Å². The Kier molecular flexibility index (Phi) is 11.2. The van der Waals surface area contributed by atoms with Gasteiger partial charge in [0, 0.05) is 19.0 Å². The number of rotatable bonds is 11. The summed E-state index contributed by atoms with van der Waals surface area (Å²) in [5.74, 6) is 0.781. The Labute approximate surface area is 128 Å². The maximum atomic E-state index is 5.29. The number of ether oxygens (including phenoxy) is 1. The van der Waals surface area contributed by atoms with Crippen LogP contribution in [0.2, 0.25) is 0 Å². The highest BCUT2D eigenvalue weighted by Gasteiger charge is 2.18. The van der Waals surface area contributed by atoms with Gasteiger partial charge in [-0.25, -0.2) is 0 Å². The van der Waals surface area contributed by atoms with Gasteiger partial charge in [-0.1, -0.05) is 48.0 Å². The molecule has 1 rings (SSSR count). The molecule has 1 fully saturated rings. The molecule has 0 aliphatic carbocycles. The molecule has 2 nitrogen and oxygen atoms in total. The topological polar surface area (TPSA) is 12.5 Å². The Morgan fingerprint density at radius 1 is 1.05 bits per heavy atom. The molecule has 1 atom stereocenters. The molecule has 0 saturated carbocycles. The van der Waals surface area contributed by atoms with Crippen LogP contribution in [-0.4, -0.2) is 43.6 Å². The Bertz CT molecular complexity index is 199. The lowest BCUT2D eigenvalue weighted by molar-refractivity contribution is 0.0898. The summed E-state index contributed by atoms with van der Waals surface area (Å²) in [6.07, 6.45) is 12.5. The molecule has 0 aromatic rings. The predicted molar refractivity (Wildman–Crippen MR) is 87.2 cm³/mol. The first-order chi connectivity index (χ1) is 9.36. The SMILES string of the molecule is COCC1CCCN(CCCCCCCCCBr)C1. The minimum Gasteiger partial charge on any atom is -0.384 e. The Hall–Kier alpha value is 0.400. The van der Waals surface area contributed by atoms with Gasteiger partial charge in [-0.15, -0.1) is 0 Å². The summed E-state index contributed by atoms with van der Waals surface area (Å²) >= 11 is 3.49. The number of unbranched alkanes of at least 4 members (excludes halogenated alkanes) is 6. The zero-order chi connectivity index (χ0) is 13.8. The second-order valence-corrected chi connectivity index (χ2v) is 6.72. The maximum absolute atomic E-state index is 5.29. The second kappa shape index (κ2) is 12.2. The summed E-state index contributed by atoms with van der Waals surface area (Å²) in [5, 5.41) is 1.17. The van der Waals surface area contributed by atoms with Gasteiger partial charge in [-0.3, -0.25) is 0 Å². The lowest BCUT2D eigenvalue weighted by atomic mass is 9.98. The van der Waals surface area contributed by atoms with Crippen molar-refractivity contribution in [2.24, 2.45) is 5.92 Å². The third-order valence-electron chi connectivity index (χ3n) is 4.11. The van der Waals surface area contributed by atoms with Gasteiger partial charge >= 0.3 is 0 Å². The normalized spacial score (nSPS) is 20.8. The van der Waals surface area contributed by atoms with E-state index in [1.165, 1.54) is 82.8 Å². The molecule has 3 heteroatoms. The predicted octanol–water partition coefficient (Wildman–Crippen LogP) is 4.47. The zero-order valence-electron chi connectivity index (χ0n) is 12.7. The van der Waals surface area contributed by atoms with E-state index in [0.717, 1.165) is 12.5 Å². The van der Waals surface area contributed by atoms with Crippen LogP contribution in [0.15, 0.2) is 0 Å². The standard InChI is InChI=1S/C16H32BrNO/c1-19-15-16-10-9-13-18(14-16)12-8-6-4-2-3-5-7-11-17/h16H,2-15H2,1H3. The summed E-state index contributed by atoms with van der Waals surface area (Å²) in [7, 11) is 1.83. The monoisotopic (exact) mass is 333 g/mol. The van der Waals surface area contributed by atoms with Crippen molar-refractivity contribution in [3.05, 3.63) is 0 Å². The molecule has 1 aliphatic heterocycles. The molecule has 0 bridgehead atoms. The summed E-state index contributed by atoms with van der Waals surface area (Å²) in [4.78, 5) is 2.65. The van der Waals surface area contributed by atoms with Crippen LogP contribution >= 0.6 is 15.9 Å². The van der Waals surface area contributed by atoms with Crippen molar-refractivity contribution in [2.75, 3.05) is 38.7 Å². The van der Waals surface area contributed by atoms with Crippen molar-refractivity contribution in [1.82, 2.24) is 4.90 Å². The van der Waals surface area contributed by atoms with Gasteiger partial charge in [0.1, 0.15) is 0 Å². The summed E-state index contributed by atoms with van der Waals surface area (Å²) in [6, 6.07) is 0. The third-order valence-corrected chi connectivity index (χ3v) is 4.67. The molecular weight excluding hydrogens is 302 g/mol. The lowest BCUT2D eigenvalue weighted by Crippen LogP contribution is -2.37. The van der Waals surface area contributed by atoms with Crippen molar-refractivity contribution in [1.29, 1.82) is 0 Å². The van der Waals surface area contributed by atoms with Crippen LogP contribution in [0.1, 0.15) is 57.8 Å². The van der Waals surface area contributed by atoms with Crippen molar-refractivity contribution < 1.29 is 4.74 Å². The molecule has 0 radical (unpaired) electrons. The van der Waals surface area contributed by atoms with Gasteiger partial charge in [0.25, 0.3) is 0 Å². The van der Waals surface area contributed by atoms with Gasteiger partial charge in [0.05, 0.1) is 6.61 Å². The Morgan fingerprint density at radius 3 is 2.42 bits per heavy atom. The van der Waals surface area contributed by atoms with Gasteiger partial charge in [0.15, 0.2) is 0 Å². The first-order valence-electron chi connectivity index (χ1n) is 8.14. The van der Waals surface area contributed by atoms with Crippen molar-refractivity contribution in [3.63, 3.8) is 0 Å². The van der Waals surface area contributed by atoms with E-state index in [1.807, 2.05) is 7.11 Å². The highest BCUT2D eigenvalue weighted by Crippen LogP contribution is 2.17. The number of likely N-dealkylation sites (tertiary alicyclic amines) is 1. The Morgan fingerprint density at radius 2 is 1.74 bits per heavy atom. The van der Waals surface area contributed by atoms with E-state index in [-0.39, 0.29) is 0 Å². The van der Waals surface area contributed by atoms with Gasteiger partial charge in [0.2, 0.25) is 0 Å². The molecule has 1 saturated heterocycles. The number of methoxy groups -OCH3 is 1. The van der Waals surface area contributed by atoms with Crippen LogP contribution in [0, 0.1) is 5.92 Å². The van der Waals surface area contributed by atoms with Crippen LogP contribution in [0.3, 0.4) is 0 Å².